The Balaban J connectivity index is 1.92. The minimum atomic E-state index is -0.811. The number of nitrogens with one attached hydrogen (secondary N) is 1. The van der Waals surface area contributed by atoms with Crippen LogP contribution in [0.4, 0.5) is 8.78 Å². The third kappa shape index (κ3) is 3.08. The van der Waals surface area contributed by atoms with Gasteiger partial charge in [-0.15, -0.1) is 11.3 Å². The second-order valence-corrected chi connectivity index (χ2v) is 5.00. The summed E-state index contributed by atoms with van der Waals surface area (Å²) in [6.45, 7) is 2.84. The van der Waals surface area contributed by atoms with Crippen LogP contribution in [-0.4, -0.2) is 4.98 Å². The first-order valence-electron chi connectivity index (χ1n) is 5.21. The summed E-state index contributed by atoms with van der Waals surface area (Å²) in [5.74, 6) is -1.59. The third-order valence-electron chi connectivity index (χ3n) is 2.29. The van der Waals surface area contributed by atoms with Crippen molar-refractivity contribution >= 4 is 11.3 Å². The van der Waals surface area contributed by atoms with Crippen molar-refractivity contribution in [2.45, 2.75) is 20.0 Å². The molecule has 1 N–H and O–H groups in total. The second kappa shape index (κ2) is 5.33. The van der Waals surface area contributed by atoms with Gasteiger partial charge in [0.25, 0.3) is 0 Å². The van der Waals surface area contributed by atoms with Crippen molar-refractivity contribution in [3.8, 4) is 0 Å². The molecule has 0 amide bonds. The molecule has 0 unspecified atom stereocenters. The standard InChI is InChI=1S/C12H12F2N2S/c1-8-5-16-11(17-8)7-15-6-9-3-2-4-10(13)12(9)14/h2-5,15H,6-7H2,1H3. The number of hydrogen-bond acceptors (Lipinski definition) is 3. The predicted molar refractivity (Wildman–Crippen MR) is 63.8 cm³/mol. The average Bonchev–Trinajstić information content (AvgIpc) is 2.70. The van der Waals surface area contributed by atoms with Crippen molar-refractivity contribution in [3.63, 3.8) is 0 Å². The van der Waals surface area contributed by atoms with Gasteiger partial charge in [-0.2, -0.15) is 0 Å². The van der Waals surface area contributed by atoms with Crippen molar-refractivity contribution < 1.29 is 8.78 Å². The maximum absolute atomic E-state index is 13.3. The van der Waals surface area contributed by atoms with Crippen molar-refractivity contribution in [1.29, 1.82) is 0 Å². The first kappa shape index (κ1) is 12.1. The Morgan fingerprint density at radius 3 is 2.82 bits per heavy atom. The summed E-state index contributed by atoms with van der Waals surface area (Å²) in [4.78, 5) is 5.31. The lowest BCUT2D eigenvalue weighted by molar-refractivity contribution is 0.492. The van der Waals surface area contributed by atoms with E-state index < -0.39 is 11.6 Å². The summed E-state index contributed by atoms with van der Waals surface area (Å²) in [6, 6.07) is 4.19. The number of nitrogens with zero attached hydrogens (tertiary/aromatic N) is 1. The molecule has 0 aliphatic carbocycles. The molecule has 0 bridgehead atoms. The van der Waals surface area contributed by atoms with E-state index in [2.05, 4.69) is 10.3 Å². The molecule has 0 aliphatic heterocycles. The van der Waals surface area contributed by atoms with Gasteiger partial charge in [-0.05, 0) is 13.0 Å². The SMILES string of the molecule is Cc1cnc(CNCc2cccc(F)c2F)s1. The molecule has 1 heterocycles. The first-order chi connectivity index (χ1) is 8.16. The highest BCUT2D eigenvalue weighted by Gasteiger charge is 2.07. The van der Waals surface area contributed by atoms with Crippen LogP contribution in [0.25, 0.3) is 0 Å². The number of rotatable bonds is 4. The number of hydrogen-bond donors (Lipinski definition) is 1. The molecule has 1 aromatic heterocycles. The van der Waals surface area contributed by atoms with Crippen LogP contribution in [0, 0.1) is 18.6 Å². The monoisotopic (exact) mass is 254 g/mol. The molecule has 0 aliphatic rings. The molecule has 0 spiro atoms. The lowest BCUT2D eigenvalue weighted by Crippen LogP contribution is -2.14. The summed E-state index contributed by atoms with van der Waals surface area (Å²) in [6.07, 6.45) is 1.80. The van der Waals surface area contributed by atoms with Gasteiger partial charge in [0.2, 0.25) is 0 Å². The third-order valence-corrected chi connectivity index (χ3v) is 3.21. The molecule has 5 heteroatoms. The van der Waals surface area contributed by atoms with Gasteiger partial charge in [0, 0.05) is 29.7 Å². The molecule has 0 fully saturated rings. The molecule has 0 saturated carbocycles. The van der Waals surface area contributed by atoms with Crippen molar-refractivity contribution in [3.05, 3.63) is 51.5 Å². The zero-order valence-electron chi connectivity index (χ0n) is 9.34. The second-order valence-electron chi connectivity index (χ2n) is 3.68. The molecule has 2 aromatic rings. The number of thiazole rings is 1. The Hall–Kier alpha value is -1.33. The number of benzene rings is 1. The van der Waals surface area contributed by atoms with E-state index in [1.807, 2.05) is 6.92 Å². The smallest absolute Gasteiger partial charge is 0.163 e. The van der Waals surface area contributed by atoms with Crippen LogP contribution in [-0.2, 0) is 13.1 Å². The van der Waals surface area contributed by atoms with E-state index in [-0.39, 0.29) is 0 Å². The largest absolute Gasteiger partial charge is 0.306 e. The maximum Gasteiger partial charge on any atom is 0.163 e. The first-order valence-corrected chi connectivity index (χ1v) is 6.03. The summed E-state index contributed by atoms with van der Waals surface area (Å²) in [5, 5.41) is 3.98. The van der Waals surface area contributed by atoms with Gasteiger partial charge in [0.1, 0.15) is 5.01 Å². The lowest BCUT2D eigenvalue weighted by Gasteiger charge is -2.04. The molecular formula is C12H12F2N2S. The molecule has 2 rings (SSSR count). The van der Waals surface area contributed by atoms with Gasteiger partial charge in [-0.1, -0.05) is 12.1 Å². The van der Waals surface area contributed by atoms with Crippen LogP contribution in [0.3, 0.4) is 0 Å². The zero-order chi connectivity index (χ0) is 12.3. The Bertz CT molecular complexity index is 511. The number of aromatic nitrogens is 1. The highest BCUT2D eigenvalue weighted by molar-refractivity contribution is 7.11. The summed E-state index contributed by atoms with van der Waals surface area (Å²) in [7, 11) is 0. The summed E-state index contributed by atoms with van der Waals surface area (Å²) >= 11 is 1.59. The summed E-state index contributed by atoms with van der Waals surface area (Å²) in [5.41, 5.74) is 0.332. The van der Waals surface area contributed by atoms with Gasteiger partial charge in [0.05, 0.1) is 0 Å². The van der Waals surface area contributed by atoms with Crippen LogP contribution in [0.5, 0.6) is 0 Å². The molecule has 1 aromatic carbocycles. The van der Waals surface area contributed by atoms with Crippen molar-refractivity contribution in [2.75, 3.05) is 0 Å². The Kier molecular flexibility index (Phi) is 3.81. The van der Waals surface area contributed by atoms with E-state index in [9.17, 15) is 8.78 Å². The van der Waals surface area contributed by atoms with Gasteiger partial charge in [-0.25, -0.2) is 13.8 Å². The molecule has 0 radical (unpaired) electrons. The zero-order valence-corrected chi connectivity index (χ0v) is 10.2. The van der Waals surface area contributed by atoms with Crippen LogP contribution in [0.15, 0.2) is 24.4 Å². The Morgan fingerprint density at radius 1 is 1.29 bits per heavy atom. The van der Waals surface area contributed by atoms with Crippen molar-refractivity contribution in [1.82, 2.24) is 10.3 Å². The maximum atomic E-state index is 13.3. The highest BCUT2D eigenvalue weighted by atomic mass is 32.1. The van der Waals surface area contributed by atoms with E-state index in [0.29, 0.717) is 18.7 Å². The number of halogens is 2. The minimum Gasteiger partial charge on any atom is -0.306 e. The Labute approximate surface area is 102 Å². The van der Waals surface area contributed by atoms with Crippen LogP contribution in [0.2, 0.25) is 0 Å². The minimum absolute atomic E-state index is 0.294. The quantitative estimate of drug-likeness (QED) is 0.907. The molecule has 90 valence electrons. The van der Waals surface area contributed by atoms with Crippen molar-refractivity contribution in [2.24, 2.45) is 0 Å². The van der Waals surface area contributed by atoms with E-state index >= 15 is 0 Å². The molecule has 2 nitrogen and oxygen atoms in total. The molecule has 0 saturated heterocycles. The fourth-order valence-corrected chi connectivity index (χ4v) is 2.23. The van der Waals surface area contributed by atoms with E-state index in [0.717, 1.165) is 16.0 Å². The fraction of sp³-hybridized carbons (Fsp3) is 0.250. The summed E-state index contributed by atoms with van der Waals surface area (Å²) < 4.78 is 26.2. The Morgan fingerprint density at radius 2 is 2.12 bits per heavy atom. The van der Waals surface area contributed by atoms with Gasteiger partial charge in [-0.3, -0.25) is 0 Å². The van der Waals surface area contributed by atoms with Gasteiger partial charge >= 0.3 is 0 Å². The predicted octanol–water partition coefficient (Wildman–Crippen LogP) is 3.02. The fourth-order valence-electron chi connectivity index (χ4n) is 1.47. The normalized spacial score (nSPS) is 10.8. The molecule has 17 heavy (non-hydrogen) atoms. The topological polar surface area (TPSA) is 24.9 Å². The highest BCUT2D eigenvalue weighted by Crippen LogP contribution is 2.13. The van der Waals surface area contributed by atoms with Gasteiger partial charge < -0.3 is 5.32 Å². The van der Waals surface area contributed by atoms with E-state index in [1.165, 1.54) is 6.07 Å². The lowest BCUT2D eigenvalue weighted by atomic mass is 10.2. The molecule has 0 atom stereocenters. The van der Waals surface area contributed by atoms with Crippen LogP contribution in [0.1, 0.15) is 15.4 Å². The van der Waals surface area contributed by atoms with Gasteiger partial charge in [0.15, 0.2) is 11.6 Å². The van der Waals surface area contributed by atoms with E-state index in [4.69, 9.17) is 0 Å². The number of aryl methyl sites for hydroxylation is 1. The average molecular weight is 254 g/mol. The molecular weight excluding hydrogens is 242 g/mol. The van der Waals surface area contributed by atoms with E-state index in [1.54, 1.807) is 23.6 Å². The van der Waals surface area contributed by atoms with Crippen LogP contribution < -0.4 is 5.32 Å². The van der Waals surface area contributed by atoms with Crippen LogP contribution >= 0.6 is 11.3 Å².